The molecule has 0 N–H and O–H groups in total. The Morgan fingerprint density at radius 3 is 2.02 bits per heavy atom. The van der Waals surface area contributed by atoms with Gasteiger partial charge in [-0.1, -0.05) is 0 Å². The minimum atomic E-state index is -0.604. The van der Waals surface area contributed by atoms with Gasteiger partial charge >= 0.3 is 240 Å². The van der Waals surface area contributed by atoms with E-state index < -0.39 is 28.3 Å². The van der Waals surface area contributed by atoms with Crippen LogP contribution in [0.1, 0.15) is 50.7 Å². The molecule has 0 amide bonds. The summed E-state index contributed by atoms with van der Waals surface area (Å²) < 4.78 is 0.691. The molecular formula is C36H32Cl2SiZr. The molecule has 5 aromatic carbocycles. The predicted molar refractivity (Wildman–Crippen MR) is 162 cm³/mol. The molecule has 0 fully saturated rings. The summed E-state index contributed by atoms with van der Waals surface area (Å²) >= 11 is -0.535. The Hall–Kier alpha value is -2.22. The van der Waals surface area contributed by atoms with Crippen molar-refractivity contribution < 1.29 is 47.2 Å². The molecule has 2 aliphatic carbocycles. The number of fused-ring (bicyclic) bond motifs is 5. The average Bonchev–Trinajstić information content (AvgIpc) is 3.48. The summed E-state index contributed by atoms with van der Waals surface area (Å²) in [6.07, 6.45) is 3.61. The Morgan fingerprint density at radius 1 is 0.625 bits per heavy atom. The fourth-order valence-corrected chi connectivity index (χ4v) is 16.8. The van der Waals surface area contributed by atoms with Crippen molar-refractivity contribution in [2.75, 3.05) is 0 Å². The molecule has 0 aliphatic heterocycles. The first kappa shape index (κ1) is 29.3. The zero-order chi connectivity index (χ0) is 25.8. The SMILES string of the molecule is CCC1=Cc2c(-c3cccc4ccccc34)cccc2C1c1cccc2c1[CH]([Zr+2][SiH](C)C)c1ccccc1-2.[Cl-].[Cl-]. The molecule has 0 bridgehead atoms. The first-order valence-corrected chi connectivity index (χ1v) is 22.5. The Bertz CT molecular complexity index is 1730. The molecule has 0 saturated carbocycles. The van der Waals surface area contributed by atoms with E-state index in [4.69, 9.17) is 0 Å². The normalized spacial score (nSPS) is 16.4. The van der Waals surface area contributed by atoms with Crippen molar-refractivity contribution in [3.05, 3.63) is 137 Å². The predicted octanol–water partition coefficient (Wildman–Crippen LogP) is 3.59. The minimum Gasteiger partial charge on any atom is -1.00 e. The van der Waals surface area contributed by atoms with E-state index in [1.165, 1.54) is 44.2 Å². The summed E-state index contributed by atoms with van der Waals surface area (Å²) in [5.74, 6) is -0.252. The number of halogens is 2. The van der Waals surface area contributed by atoms with Crippen molar-refractivity contribution in [3.8, 4) is 22.3 Å². The Kier molecular flexibility index (Phi) is 8.74. The standard InChI is InChI=1S/C34H25.C2H7Si.2ClH.Zr/c1-2-22-20-32-29(27-15-7-12-23-10-3-5-13-25(23)27)17-9-19-30(32)34(22)31-18-8-16-28-26-14-6-4-11-24(26)21-33(28)31;1-3-2;;;/h3-21,34H,2H2,1H3;3H,1-2H3;2*1H;/q;;;;+2/p-2. The summed E-state index contributed by atoms with van der Waals surface area (Å²) in [5, 5.41) is 2.64. The van der Waals surface area contributed by atoms with Crippen LogP contribution in [0.2, 0.25) is 13.1 Å². The maximum atomic E-state index is 2.58. The van der Waals surface area contributed by atoms with Crippen LogP contribution in [-0.2, 0) is 22.4 Å². The third kappa shape index (κ3) is 4.72. The van der Waals surface area contributed by atoms with Gasteiger partial charge in [-0.2, -0.15) is 0 Å². The number of allylic oxidation sites excluding steroid dienone is 1. The molecule has 2 aliphatic rings. The van der Waals surface area contributed by atoms with Crippen molar-refractivity contribution >= 4 is 22.8 Å². The Balaban J connectivity index is 0.00000161. The zero-order valence-corrected chi connectivity index (χ0v) is 28.2. The monoisotopic (exact) mass is 652 g/mol. The molecule has 0 spiro atoms. The number of rotatable bonds is 5. The first-order chi connectivity index (χ1) is 18.7. The van der Waals surface area contributed by atoms with Crippen molar-refractivity contribution in [2.24, 2.45) is 0 Å². The molecule has 5 aromatic rings. The van der Waals surface area contributed by atoms with Gasteiger partial charge in [0.2, 0.25) is 0 Å². The van der Waals surface area contributed by atoms with Gasteiger partial charge in [0.1, 0.15) is 0 Å². The molecule has 0 aromatic heterocycles. The smallest absolute Gasteiger partial charge is 1.00 e. The summed E-state index contributed by atoms with van der Waals surface area (Å²) in [5.41, 5.74) is 15.0. The summed E-state index contributed by atoms with van der Waals surface area (Å²) in [4.78, 5) is 0. The van der Waals surface area contributed by atoms with Gasteiger partial charge in [0, 0.05) is 0 Å². The molecular weight excluding hydrogens is 623 g/mol. The molecule has 0 nitrogen and oxygen atoms in total. The second-order valence-electron chi connectivity index (χ2n) is 11.0. The Labute approximate surface area is 262 Å². The van der Waals surface area contributed by atoms with Gasteiger partial charge in [-0.3, -0.25) is 0 Å². The van der Waals surface area contributed by atoms with E-state index in [2.05, 4.69) is 129 Å². The van der Waals surface area contributed by atoms with Crippen LogP contribution in [0.4, 0.5) is 0 Å². The van der Waals surface area contributed by atoms with Gasteiger partial charge in [-0.05, 0) is 0 Å². The third-order valence-corrected chi connectivity index (χ3v) is 18.3. The molecule has 198 valence electrons. The van der Waals surface area contributed by atoms with E-state index in [9.17, 15) is 0 Å². The topological polar surface area (TPSA) is 0 Å². The minimum absolute atomic E-state index is 0. The van der Waals surface area contributed by atoms with E-state index in [0.29, 0.717) is 9.54 Å². The van der Waals surface area contributed by atoms with E-state index in [1.54, 1.807) is 22.3 Å². The zero-order valence-electron chi connectivity index (χ0n) is 23.1. The fourth-order valence-electron chi connectivity index (χ4n) is 6.88. The molecule has 2 atom stereocenters. The number of benzene rings is 5. The van der Waals surface area contributed by atoms with Gasteiger partial charge in [-0.25, -0.2) is 0 Å². The van der Waals surface area contributed by atoms with Crippen LogP contribution in [0.15, 0.2) is 109 Å². The summed E-state index contributed by atoms with van der Waals surface area (Å²) in [6, 6.07) is 39.1. The quantitative estimate of drug-likeness (QED) is 0.255. The van der Waals surface area contributed by atoms with E-state index in [1.807, 2.05) is 0 Å². The maximum Gasteiger partial charge on any atom is -1.00 e. The Morgan fingerprint density at radius 2 is 1.23 bits per heavy atom. The van der Waals surface area contributed by atoms with Gasteiger partial charge < -0.3 is 24.8 Å². The van der Waals surface area contributed by atoms with E-state index in [-0.39, 0.29) is 24.8 Å². The largest absolute Gasteiger partial charge is 1.00 e. The molecule has 7 rings (SSSR count). The molecule has 0 heterocycles. The summed E-state index contributed by atoms with van der Waals surface area (Å²) in [6.45, 7) is 7.50. The third-order valence-electron chi connectivity index (χ3n) is 8.44. The molecule has 4 heteroatoms. The van der Waals surface area contributed by atoms with Crippen LogP contribution in [0.3, 0.4) is 0 Å². The van der Waals surface area contributed by atoms with Crippen molar-refractivity contribution in [1.29, 1.82) is 0 Å². The van der Waals surface area contributed by atoms with Crippen molar-refractivity contribution in [2.45, 2.75) is 36.0 Å². The fraction of sp³-hybridized carbons (Fsp3) is 0.167. The molecule has 0 radical (unpaired) electrons. The van der Waals surface area contributed by atoms with Crippen molar-refractivity contribution in [1.82, 2.24) is 0 Å². The second kappa shape index (κ2) is 11.9. The van der Waals surface area contributed by atoms with Crippen molar-refractivity contribution in [3.63, 3.8) is 0 Å². The van der Waals surface area contributed by atoms with Gasteiger partial charge in [0.15, 0.2) is 0 Å². The van der Waals surface area contributed by atoms with Crippen LogP contribution in [0.25, 0.3) is 39.1 Å². The summed E-state index contributed by atoms with van der Waals surface area (Å²) in [7, 11) is 0. The van der Waals surface area contributed by atoms with Crippen LogP contribution in [0.5, 0.6) is 0 Å². The first-order valence-electron chi connectivity index (χ1n) is 14.0. The molecule has 0 saturated heterocycles. The van der Waals surface area contributed by atoms with Crippen LogP contribution in [-0.4, -0.2) is 5.92 Å². The maximum absolute atomic E-state index is 2.58. The van der Waals surface area contributed by atoms with Crippen LogP contribution < -0.4 is 24.8 Å². The second-order valence-corrected chi connectivity index (χ2v) is 26.0. The van der Waals surface area contributed by atoms with Crippen LogP contribution in [0, 0.1) is 0 Å². The van der Waals surface area contributed by atoms with E-state index in [0.717, 1.165) is 6.42 Å². The number of hydrogen-bond donors (Lipinski definition) is 0. The number of hydrogen-bond acceptors (Lipinski definition) is 0. The molecule has 2 unspecified atom stereocenters. The van der Waals surface area contributed by atoms with Crippen LogP contribution >= 0.6 is 0 Å². The molecule has 40 heavy (non-hydrogen) atoms. The van der Waals surface area contributed by atoms with Gasteiger partial charge in [-0.15, -0.1) is 0 Å². The van der Waals surface area contributed by atoms with Gasteiger partial charge in [0.25, 0.3) is 0 Å². The van der Waals surface area contributed by atoms with E-state index >= 15 is 0 Å². The van der Waals surface area contributed by atoms with Gasteiger partial charge in [0.05, 0.1) is 0 Å². The average molecular weight is 655 g/mol.